The molecule has 0 bridgehead atoms. The molecule has 0 aromatic rings. The zero-order valence-electron chi connectivity index (χ0n) is 9.08. The van der Waals surface area contributed by atoms with Crippen LogP contribution in [0.3, 0.4) is 0 Å². The summed E-state index contributed by atoms with van der Waals surface area (Å²) in [5.41, 5.74) is 0. The van der Waals surface area contributed by atoms with Crippen LogP contribution in [-0.4, -0.2) is 49.8 Å². The van der Waals surface area contributed by atoms with Gasteiger partial charge in [0.2, 0.25) is 0 Å². The van der Waals surface area contributed by atoms with Crippen molar-refractivity contribution in [1.29, 1.82) is 0 Å². The Morgan fingerprint density at radius 1 is 1.33 bits per heavy atom. The van der Waals surface area contributed by atoms with Gasteiger partial charge < -0.3 is 20.5 Å². The molecule has 0 saturated carbocycles. The second-order valence-corrected chi connectivity index (χ2v) is 3.16. The molecule has 88 valence electrons. The summed E-state index contributed by atoms with van der Waals surface area (Å²) in [6, 6.07) is 0. The number of ether oxygens (including phenoxy) is 1. The van der Waals surface area contributed by atoms with Crippen LogP contribution in [-0.2, 0) is 14.3 Å². The van der Waals surface area contributed by atoms with Gasteiger partial charge in [0.05, 0.1) is 6.10 Å². The fourth-order valence-corrected chi connectivity index (χ4v) is 0.819. The Labute approximate surface area is 89.0 Å². The molecular weight excluding hydrogens is 200 g/mol. The van der Waals surface area contributed by atoms with Crippen LogP contribution >= 0.6 is 0 Å². The smallest absolute Gasteiger partial charge is 0.309 e. The first-order valence-electron chi connectivity index (χ1n) is 4.81. The third-order valence-corrected chi connectivity index (χ3v) is 1.58. The van der Waals surface area contributed by atoms with E-state index < -0.39 is 17.9 Å². The summed E-state index contributed by atoms with van der Waals surface area (Å²) in [5, 5.41) is 13.6. The minimum atomic E-state index is -0.728. The van der Waals surface area contributed by atoms with Crippen LogP contribution in [0.1, 0.15) is 13.3 Å². The Bertz CT molecular complexity index is 206. The van der Waals surface area contributed by atoms with Gasteiger partial charge in [-0.05, 0) is 13.3 Å². The molecule has 6 heteroatoms. The largest absolute Gasteiger partial charge is 0.392 e. The lowest BCUT2D eigenvalue weighted by molar-refractivity contribution is -0.139. The maximum atomic E-state index is 11.1. The van der Waals surface area contributed by atoms with Crippen molar-refractivity contribution in [2.45, 2.75) is 19.4 Å². The van der Waals surface area contributed by atoms with Gasteiger partial charge in [-0.25, -0.2) is 0 Å². The SMILES string of the molecule is COCCCNC(=O)C(=O)NC[C@@H](C)O. The molecule has 6 nitrogen and oxygen atoms in total. The van der Waals surface area contributed by atoms with Gasteiger partial charge in [-0.15, -0.1) is 0 Å². The van der Waals surface area contributed by atoms with E-state index in [-0.39, 0.29) is 6.54 Å². The minimum absolute atomic E-state index is 0.0737. The molecule has 0 aliphatic heterocycles. The zero-order chi connectivity index (χ0) is 11.7. The molecule has 15 heavy (non-hydrogen) atoms. The summed E-state index contributed by atoms with van der Waals surface area (Å²) in [6.45, 7) is 2.53. The van der Waals surface area contributed by atoms with Crippen molar-refractivity contribution in [1.82, 2.24) is 10.6 Å². The number of amides is 2. The first-order valence-corrected chi connectivity index (χ1v) is 4.81. The van der Waals surface area contributed by atoms with Crippen molar-refractivity contribution in [2.75, 3.05) is 26.8 Å². The van der Waals surface area contributed by atoms with Crippen LogP contribution in [0.2, 0.25) is 0 Å². The molecule has 0 aromatic heterocycles. The molecule has 0 unspecified atom stereocenters. The number of aliphatic hydroxyl groups excluding tert-OH is 1. The van der Waals surface area contributed by atoms with E-state index in [0.29, 0.717) is 19.6 Å². The quantitative estimate of drug-likeness (QED) is 0.379. The number of hydrogen-bond acceptors (Lipinski definition) is 4. The van der Waals surface area contributed by atoms with E-state index in [1.54, 1.807) is 7.11 Å². The summed E-state index contributed by atoms with van der Waals surface area (Å²) in [5.74, 6) is -1.42. The molecular formula is C9H18N2O4. The predicted molar refractivity (Wildman–Crippen MR) is 54.2 cm³/mol. The fourth-order valence-electron chi connectivity index (χ4n) is 0.819. The fraction of sp³-hybridized carbons (Fsp3) is 0.778. The second-order valence-electron chi connectivity index (χ2n) is 3.16. The minimum Gasteiger partial charge on any atom is -0.392 e. The summed E-state index contributed by atoms with van der Waals surface area (Å²) >= 11 is 0. The number of carbonyl (C=O) groups is 2. The third kappa shape index (κ3) is 7.90. The molecule has 0 rings (SSSR count). The van der Waals surface area contributed by atoms with Gasteiger partial charge in [-0.3, -0.25) is 9.59 Å². The molecule has 0 saturated heterocycles. The van der Waals surface area contributed by atoms with E-state index in [1.807, 2.05) is 0 Å². The standard InChI is InChI=1S/C9H18N2O4/c1-7(12)6-11-9(14)8(13)10-4-3-5-15-2/h7,12H,3-6H2,1-2H3,(H,10,13)(H,11,14)/t7-/m1/s1. The van der Waals surface area contributed by atoms with Gasteiger partial charge in [0.1, 0.15) is 0 Å². The molecule has 3 N–H and O–H groups in total. The Morgan fingerprint density at radius 2 is 1.93 bits per heavy atom. The highest BCUT2D eigenvalue weighted by Crippen LogP contribution is 1.79. The molecule has 0 aliphatic carbocycles. The number of nitrogens with one attached hydrogen (secondary N) is 2. The maximum Gasteiger partial charge on any atom is 0.309 e. The Balaban J connectivity index is 3.56. The summed E-state index contributed by atoms with van der Waals surface area (Å²) in [7, 11) is 1.57. The van der Waals surface area contributed by atoms with Crippen LogP contribution in [0.15, 0.2) is 0 Å². The topological polar surface area (TPSA) is 87.7 Å². The van der Waals surface area contributed by atoms with Crippen molar-refractivity contribution < 1.29 is 19.4 Å². The highest BCUT2D eigenvalue weighted by atomic mass is 16.5. The average molecular weight is 218 g/mol. The van der Waals surface area contributed by atoms with Gasteiger partial charge in [-0.2, -0.15) is 0 Å². The number of aliphatic hydroxyl groups is 1. The predicted octanol–water partition coefficient (Wildman–Crippen LogP) is -1.36. The molecule has 0 aromatic carbocycles. The molecule has 1 atom stereocenters. The van der Waals surface area contributed by atoms with Gasteiger partial charge >= 0.3 is 11.8 Å². The lowest BCUT2D eigenvalue weighted by Crippen LogP contribution is -2.42. The molecule has 0 heterocycles. The summed E-state index contributed by atoms with van der Waals surface area (Å²) in [4.78, 5) is 22.1. The van der Waals surface area contributed by atoms with Crippen molar-refractivity contribution in [3.05, 3.63) is 0 Å². The molecule has 0 spiro atoms. The lowest BCUT2D eigenvalue weighted by Gasteiger charge is -2.07. The van der Waals surface area contributed by atoms with E-state index in [2.05, 4.69) is 10.6 Å². The number of hydrogen-bond donors (Lipinski definition) is 3. The lowest BCUT2D eigenvalue weighted by atomic mass is 10.4. The van der Waals surface area contributed by atoms with Gasteiger partial charge in [0.15, 0.2) is 0 Å². The summed E-state index contributed by atoms with van der Waals surface area (Å²) in [6.07, 6.45) is 0.00147. The van der Waals surface area contributed by atoms with Crippen molar-refractivity contribution in [3.8, 4) is 0 Å². The van der Waals surface area contributed by atoms with Crippen LogP contribution in [0.5, 0.6) is 0 Å². The monoisotopic (exact) mass is 218 g/mol. The van der Waals surface area contributed by atoms with Crippen molar-refractivity contribution >= 4 is 11.8 Å². The Morgan fingerprint density at radius 3 is 2.47 bits per heavy atom. The number of carbonyl (C=O) groups excluding carboxylic acids is 2. The Kier molecular flexibility index (Phi) is 7.57. The normalized spacial score (nSPS) is 11.9. The first-order chi connectivity index (χ1) is 7.07. The van der Waals surface area contributed by atoms with Crippen molar-refractivity contribution in [2.24, 2.45) is 0 Å². The van der Waals surface area contributed by atoms with Gasteiger partial charge in [0, 0.05) is 26.8 Å². The molecule has 0 radical (unpaired) electrons. The maximum absolute atomic E-state index is 11.1. The number of rotatable bonds is 6. The van der Waals surface area contributed by atoms with E-state index in [0.717, 1.165) is 0 Å². The summed E-state index contributed by atoms with van der Waals surface area (Å²) < 4.78 is 4.78. The highest BCUT2D eigenvalue weighted by Gasteiger charge is 2.12. The zero-order valence-corrected chi connectivity index (χ0v) is 9.08. The highest BCUT2D eigenvalue weighted by molar-refractivity contribution is 6.35. The second kappa shape index (κ2) is 8.19. The van der Waals surface area contributed by atoms with Gasteiger partial charge in [0.25, 0.3) is 0 Å². The van der Waals surface area contributed by atoms with E-state index in [4.69, 9.17) is 9.84 Å². The van der Waals surface area contributed by atoms with E-state index in [9.17, 15) is 9.59 Å². The average Bonchev–Trinajstić information content (AvgIpc) is 2.20. The van der Waals surface area contributed by atoms with Crippen LogP contribution in [0.4, 0.5) is 0 Å². The van der Waals surface area contributed by atoms with Crippen LogP contribution < -0.4 is 10.6 Å². The van der Waals surface area contributed by atoms with E-state index in [1.165, 1.54) is 6.92 Å². The van der Waals surface area contributed by atoms with Gasteiger partial charge in [-0.1, -0.05) is 0 Å². The third-order valence-electron chi connectivity index (χ3n) is 1.58. The van der Waals surface area contributed by atoms with E-state index >= 15 is 0 Å². The van der Waals surface area contributed by atoms with Crippen LogP contribution in [0, 0.1) is 0 Å². The molecule has 0 fully saturated rings. The molecule has 0 aliphatic rings. The Hall–Kier alpha value is -1.14. The van der Waals surface area contributed by atoms with Crippen LogP contribution in [0.25, 0.3) is 0 Å². The van der Waals surface area contributed by atoms with Crippen molar-refractivity contribution in [3.63, 3.8) is 0 Å². The first kappa shape index (κ1) is 13.9. The molecule has 2 amide bonds. The number of methoxy groups -OCH3 is 1.